The van der Waals surface area contributed by atoms with Crippen molar-refractivity contribution in [3.8, 4) is 11.8 Å². The topological polar surface area (TPSA) is 40.5 Å². The summed E-state index contributed by atoms with van der Waals surface area (Å²) in [6.07, 6.45) is 8.23. The number of ketones is 1. The molecular formula is C29H37NO2. The average molecular weight is 432 g/mol. The summed E-state index contributed by atoms with van der Waals surface area (Å²) < 4.78 is 0. The molecular weight excluding hydrogens is 394 g/mol. The first-order valence-corrected chi connectivity index (χ1v) is 12.2. The molecule has 0 amide bonds. The minimum Gasteiger partial charge on any atom is -0.378 e. The summed E-state index contributed by atoms with van der Waals surface area (Å²) in [7, 11) is 4.14. The highest BCUT2D eigenvalue weighted by Crippen LogP contribution is 2.66. The fraction of sp³-hybridized carbons (Fsp3) is 0.552. The summed E-state index contributed by atoms with van der Waals surface area (Å²) in [6, 6.07) is 8.97. The number of carbonyl (C=O) groups is 1. The molecule has 3 nitrogen and oxygen atoms in total. The first kappa shape index (κ1) is 21.5. The summed E-state index contributed by atoms with van der Waals surface area (Å²) >= 11 is 0. The van der Waals surface area contributed by atoms with E-state index in [1.165, 1.54) is 22.4 Å². The number of benzene rings is 1. The molecule has 0 bridgehead atoms. The van der Waals surface area contributed by atoms with Crippen LogP contribution in [-0.2, 0) is 4.79 Å². The van der Waals surface area contributed by atoms with Crippen LogP contribution >= 0.6 is 0 Å². The number of fused-ring (bicyclic) bond motifs is 4. The molecule has 0 spiro atoms. The second-order valence-electron chi connectivity index (χ2n) is 10.8. The SMILES string of the molecule is CC#C[C@]1(O)CC[C@H]2[C@H]3CCC4=CC(=O)CCC4=C3[C@@H](c3ccc(N(C)C)cc3)C[C@@]21C.[HH]. The van der Waals surface area contributed by atoms with E-state index in [-0.39, 0.29) is 18.5 Å². The lowest BCUT2D eigenvalue weighted by Crippen LogP contribution is -2.51. The molecule has 1 aromatic rings. The fourth-order valence-corrected chi connectivity index (χ4v) is 7.38. The number of rotatable bonds is 2. The van der Waals surface area contributed by atoms with Crippen LogP contribution in [0, 0.1) is 29.1 Å². The van der Waals surface area contributed by atoms with Gasteiger partial charge in [-0.2, -0.15) is 0 Å². The van der Waals surface area contributed by atoms with E-state index in [0.717, 1.165) is 38.5 Å². The molecule has 3 heteroatoms. The van der Waals surface area contributed by atoms with Gasteiger partial charge in [-0.25, -0.2) is 0 Å². The molecule has 0 unspecified atom stereocenters. The van der Waals surface area contributed by atoms with Gasteiger partial charge in [-0.15, -0.1) is 5.92 Å². The molecule has 0 saturated heterocycles. The Kier molecular flexibility index (Phi) is 5.13. The predicted molar refractivity (Wildman–Crippen MR) is 132 cm³/mol. The summed E-state index contributed by atoms with van der Waals surface area (Å²) in [6.45, 7) is 4.15. The number of hydrogen-bond donors (Lipinski definition) is 1. The zero-order valence-corrected chi connectivity index (χ0v) is 19.9. The quantitative estimate of drug-likeness (QED) is 0.615. The third-order valence-corrected chi connectivity index (χ3v) is 9.03. The summed E-state index contributed by atoms with van der Waals surface area (Å²) in [5.41, 5.74) is 5.71. The van der Waals surface area contributed by atoms with Gasteiger partial charge in [-0.05, 0) is 92.2 Å². The van der Waals surface area contributed by atoms with E-state index in [4.69, 9.17) is 0 Å². The molecule has 2 saturated carbocycles. The highest BCUT2D eigenvalue weighted by Gasteiger charge is 2.62. The third-order valence-electron chi connectivity index (χ3n) is 9.03. The Morgan fingerprint density at radius 2 is 1.88 bits per heavy atom. The maximum Gasteiger partial charge on any atom is 0.156 e. The second-order valence-corrected chi connectivity index (χ2v) is 10.8. The zero-order valence-electron chi connectivity index (χ0n) is 19.9. The molecule has 0 heterocycles. The Morgan fingerprint density at radius 1 is 1.12 bits per heavy atom. The van der Waals surface area contributed by atoms with E-state index in [9.17, 15) is 9.90 Å². The molecule has 2 fully saturated rings. The van der Waals surface area contributed by atoms with Gasteiger partial charge in [-0.3, -0.25) is 4.79 Å². The van der Waals surface area contributed by atoms with Crippen molar-refractivity contribution >= 4 is 11.5 Å². The minimum absolute atomic E-state index is 0. The van der Waals surface area contributed by atoms with Crippen molar-refractivity contribution in [2.24, 2.45) is 17.3 Å². The van der Waals surface area contributed by atoms with Crippen LogP contribution in [0.1, 0.15) is 71.7 Å². The maximum absolute atomic E-state index is 12.2. The Labute approximate surface area is 194 Å². The van der Waals surface area contributed by atoms with Gasteiger partial charge in [0, 0.05) is 39.0 Å². The van der Waals surface area contributed by atoms with Crippen molar-refractivity contribution in [2.75, 3.05) is 19.0 Å². The molecule has 1 N–H and O–H groups in total. The third kappa shape index (κ3) is 3.11. The minimum atomic E-state index is -0.914. The summed E-state index contributed by atoms with van der Waals surface area (Å²) in [5, 5.41) is 11.7. The standard InChI is InChI=1S/C29H35NO2.H2/c1-5-15-29(32)16-14-26-24-12-8-20-17-22(31)11-13-23(20)27(24)25(18-28(26,29)2)19-6-9-21(10-7-19)30(3)4;/h6-7,9-10,17,24-26,32H,8,11-14,16,18H2,1-4H3;1H/t24-,25-,26+,28+,29+;/m1./s1. The van der Waals surface area contributed by atoms with E-state index in [0.29, 0.717) is 18.3 Å². The van der Waals surface area contributed by atoms with E-state index in [2.05, 4.69) is 62.0 Å². The second kappa shape index (κ2) is 7.63. The normalized spacial score (nSPS) is 35.8. The predicted octanol–water partition coefficient (Wildman–Crippen LogP) is 5.65. The molecule has 4 aliphatic rings. The van der Waals surface area contributed by atoms with Crippen molar-refractivity contribution in [3.63, 3.8) is 0 Å². The number of nitrogens with zero attached hydrogens (tertiary/aromatic N) is 1. The Balaban J connectivity index is 0.00000259. The van der Waals surface area contributed by atoms with E-state index >= 15 is 0 Å². The number of hydrogen-bond acceptors (Lipinski definition) is 3. The monoisotopic (exact) mass is 431 g/mol. The molecule has 0 radical (unpaired) electrons. The summed E-state index contributed by atoms with van der Waals surface area (Å²) in [4.78, 5) is 14.3. The Hall–Kier alpha value is -2.31. The van der Waals surface area contributed by atoms with Gasteiger partial charge in [0.2, 0.25) is 0 Å². The highest BCUT2D eigenvalue weighted by atomic mass is 16.3. The Morgan fingerprint density at radius 3 is 2.56 bits per heavy atom. The van der Waals surface area contributed by atoms with Gasteiger partial charge in [-0.1, -0.05) is 30.6 Å². The van der Waals surface area contributed by atoms with Crippen LogP contribution in [0.3, 0.4) is 0 Å². The van der Waals surface area contributed by atoms with Crippen molar-refractivity contribution in [1.29, 1.82) is 0 Å². The zero-order chi connectivity index (χ0) is 22.7. The maximum atomic E-state index is 12.2. The van der Waals surface area contributed by atoms with Crippen LogP contribution in [0.5, 0.6) is 0 Å². The molecule has 4 aliphatic carbocycles. The lowest BCUT2D eigenvalue weighted by atomic mass is 9.51. The average Bonchev–Trinajstić information content (AvgIpc) is 3.03. The molecule has 5 atom stereocenters. The van der Waals surface area contributed by atoms with Crippen molar-refractivity contribution in [3.05, 3.63) is 52.6 Å². The summed E-state index contributed by atoms with van der Waals surface area (Å²) in [5.74, 6) is 7.76. The molecule has 0 aromatic heterocycles. The molecule has 5 rings (SSSR count). The number of aliphatic hydroxyl groups is 1. The number of allylic oxidation sites excluding steroid dienone is 4. The van der Waals surface area contributed by atoms with Gasteiger partial charge in [0.15, 0.2) is 5.78 Å². The van der Waals surface area contributed by atoms with E-state index in [1.54, 1.807) is 5.57 Å². The highest BCUT2D eigenvalue weighted by molar-refractivity contribution is 5.93. The number of carbonyl (C=O) groups excluding carboxylic acids is 1. The molecule has 32 heavy (non-hydrogen) atoms. The first-order chi connectivity index (χ1) is 15.3. The lowest BCUT2D eigenvalue weighted by molar-refractivity contribution is -0.114. The van der Waals surface area contributed by atoms with Crippen molar-refractivity contribution in [2.45, 2.75) is 70.3 Å². The van der Waals surface area contributed by atoms with Crippen LogP contribution in [0.4, 0.5) is 5.69 Å². The first-order valence-electron chi connectivity index (χ1n) is 12.2. The van der Waals surface area contributed by atoms with E-state index < -0.39 is 5.60 Å². The van der Waals surface area contributed by atoms with Crippen LogP contribution in [-0.4, -0.2) is 30.6 Å². The van der Waals surface area contributed by atoms with Crippen molar-refractivity contribution < 1.29 is 11.3 Å². The van der Waals surface area contributed by atoms with E-state index in [1.807, 2.05) is 13.0 Å². The number of anilines is 1. The van der Waals surface area contributed by atoms with Crippen LogP contribution in [0.2, 0.25) is 0 Å². The van der Waals surface area contributed by atoms with Gasteiger partial charge in [0.05, 0.1) is 0 Å². The largest absolute Gasteiger partial charge is 0.378 e. The smallest absolute Gasteiger partial charge is 0.156 e. The van der Waals surface area contributed by atoms with Crippen molar-refractivity contribution in [1.82, 2.24) is 0 Å². The Bertz CT molecular complexity index is 1070. The van der Waals surface area contributed by atoms with Gasteiger partial charge >= 0.3 is 0 Å². The van der Waals surface area contributed by atoms with Gasteiger partial charge in [0.25, 0.3) is 0 Å². The van der Waals surface area contributed by atoms with Crippen LogP contribution in [0.25, 0.3) is 0 Å². The van der Waals surface area contributed by atoms with Crippen LogP contribution in [0.15, 0.2) is 47.1 Å². The lowest BCUT2D eigenvalue weighted by Gasteiger charge is -2.53. The van der Waals surface area contributed by atoms with Crippen LogP contribution < -0.4 is 4.90 Å². The van der Waals surface area contributed by atoms with Gasteiger partial charge < -0.3 is 10.0 Å². The molecule has 170 valence electrons. The molecule has 0 aliphatic heterocycles. The molecule has 1 aromatic carbocycles. The van der Waals surface area contributed by atoms with Gasteiger partial charge in [0.1, 0.15) is 5.60 Å². The fourth-order valence-electron chi connectivity index (χ4n) is 7.38.